The van der Waals surface area contributed by atoms with E-state index in [-0.39, 0.29) is 6.42 Å². The van der Waals surface area contributed by atoms with E-state index in [1.54, 1.807) is 54.6 Å². The number of para-hydroxylation sites is 1. The maximum absolute atomic E-state index is 13.3. The molecule has 3 aromatic rings. The molecule has 3 aromatic carbocycles. The molecule has 1 saturated heterocycles. The Morgan fingerprint density at radius 2 is 1.43 bits per heavy atom. The van der Waals surface area contributed by atoms with Crippen molar-refractivity contribution in [1.29, 1.82) is 0 Å². The van der Waals surface area contributed by atoms with Gasteiger partial charge in [-0.1, -0.05) is 72.3 Å². The second-order valence-corrected chi connectivity index (χ2v) is 7.27. The van der Waals surface area contributed by atoms with Gasteiger partial charge < -0.3 is 5.11 Å². The number of aliphatic hydroxyl groups is 1. The fourth-order valence-electron chi connectivity index (χ4n) is 3.69. The van der Waals surface area contributed by atoms with Crippen molar-refractivity contribution in [2.24, 2.45) is 5.92 Å². The zero-order valence-corrected chi connectivity index (χ0v) is 15.7. The number of nitrogens with zero attached hydrogens (tertiary/aromatic N) is 1. The fourth-order valence-corrected chi connectivity index (χ4v) is 3.82. The molecule has 0 bridgehead atoms. The predicted molar refractivity (Wildman–Crippen MR) is 108 cm³/mol. The number of imide groups is 1. The van der Waals surface area contributed by atoms with Crippen LogP contribution in [0.25, 0.3) is 0 Å². The SMILES string of the molecule is O=C1[C@H](Cc2ccccc2)[C@@](O)(c2ccc(Cl)cc2)C(=O)N1c1ccccc1. The van der Waals surface area contributed by atoms with Gasteiger partial charge in [0, 0.05) is 5.02 Å². The summed E-state index contributed by atoms with van der Waals surface area (Å²) in [6.45, 7) is 0. The Balaban J connectivity index is 1.83. The van der Waals surface area contributed by atoms with E-state index in [1.807, 2.05) is 30.3 Å². The lowest BCUT2D eigenvalue weighted by Crippen LogP contribution is -2.41. The van der Waals surface area contributed by atoms with Crippen LogP contribution < -0.4 is 4.90 Å². The summed E-state index contributed by atoms with van der Waals surface area (Å²) in [6.07, 6.45) is 0.244. The van der Waals surface area contributed by atoms with Gasteiger partial charge in [0.25, 0.3) is 5.91 Å². The van der Waals surface area contributed by atoms with E-state index in [0.717, 1.165) is 10.5 Å². The first-order valence-corrected chi connectivity index (χ1v) is 9.35. The lowest BCUT2D eigenvalue weighted by atomic mass is 9.80. The van der Waals surface area contributed by atoms with E-state index < -0.39 is 23.3 Å². The molecule has 0 saturated carbocycles. The first kappa shape index (κ1) is 18.4. The molecule has 28 heavy (non-hydrogen) atoms. The Morgan fingerprint density at radius 1 is 0.857 bits per heavy atom. The maximum Gasteiger partial charge on any atom is 0.271 e. The van der Waals surface area contributed by atoms with Crippen molar-refractivity contribution in [3.63, 3.8) is 0 Å². The first-order valence-electron chi connectivity index (χ1n) is 8.97. The largest absolute Gasteiger partial charge is 0.375 e. The van der Waals surface area contributed by atoms with Gasteiger partial charge in [-0.3, -0.25) is 9.59 Å². The summed E-state index contributed by atoms with van der Waals surface area (Å²) in [5, 5.41) is 12.1. The van der Waals surface area contributed by atoms with Gasteiger partial charge >= 0.3 is 0 Å². The summed E-state index contributed by atoms with van der Waals surface area (Å²) >= 11 is 5.98. The Bertz CT molecular complexity index is 1010. The van der Waals surface area contributed by atoms with Gasteiger partial charge in [-0.2, -0.15) is 0 Å². The fraction of sp³-hybridized carbons (Fsp3) is 0.130. The van der Waals surface area contributed by atoms with Crippen LogP contribution in [0.3, 0.4) is 0 Å². The number of amides is 2. The van der Waals surface area contributed by atoms with Crippen molar-refractivity contribution in [1.82, 2.24) is 0 Å². The van der Waals surface area contributed by atoms with Crippen molar-refractivity contribution in [3.05, 3.63) is 101 Å². The molecule has 1 aliphatic rings. The number of hydrogen-bond acceptors (Lipinski definition) is 3. The molecule has 0 radical (unpaired) electrons. The zero-order valence-electron chi connectivity index (χ0n) is 15.0. The zero-order chi connectivity index (χ0) is 19.7. The van der Waals surface area contributed by atoms with E-state index in [9.17, 15) is 14.7 Å². The quantitative estimate of drug-likeness (QED) is 0.685. The van der Waals surface area contributed by atoms with Crippen LogP contribution >= 0.6 is 11.6 Å². The van der Waals surface area contributed by atoms with Crippen LogP contribution in [0, 0.1) is 5.92 Å². The van der Waals surface area contributed by atoms with Crippen molar-refractivity contribution in [2.75, 3.05) is 4.90 Å². The van der Waals surface area contributed by atoms with E-state index >= 15 is 0 Å². The molecule has 2 amide bonds. The highest BCUT2D eigenvalue weighted by molar-refractivity contribution is 6.30. The Labute approximate surface area is 168 Å². The topological polar surface area (TPSA) is 57.6 Å². The monoisotopic (exact) mass is 391 g/mol. The summed E-state index contributed by atoms with van der Waals surface area (Å²) in [7, 11) is 0. The second kappa shape index (κ2) is 7.23. The minimum atomic E-state index is -1.96. The molecule has 0 spiro atoms. The minimum Gasteiger partial charge on any atom is -0.375 e. The Hall–Kier alpha value is -2.95. The van der Waals surface area contributed by atoms with Crippen LogP contribution in [0.4, 0.5) is 5.69 Å². The molecule has 0 aromatic heterocycles. The highest BCUT2D eigenvalue weighted by atomic mass is 35.5. The molecule has 4 rings (SSSR count). The Kier molecular flexibility index (Phi) is 4.75. The molecule has 1 N–H and O–H groups in total. The molecule has 2 atom stereocenters. The molecule has 5 heteroatoms. The van der Waals surface area contributed by atoms with E-state index in [2.05, 4.69) is 0 Å². The number of anilines is 1. The number of hydrogen-bond donors (Lipinski definition) is 1. The molecule has 1 aliphatic heterocycles. The molecular weight excluding hydrogens is 374 g/mol. The number of rotatable bonds is 4. The van der Waals surface area contributed by atoms with Crippen LogP contribution in [0.2, 0.25) is 5.02 Å². The smallest absolute Gasteiger partial charge is 0.271 e. The summed E-state index contributed by atoms with van der Waals surface area (Å²) < 4.78 is 0. The van der Waals surface area contributed by atoms with Gasteiger partial charge in [0.05, 0.1) is 11.6 Å². The summed E-state index contributed by atoms with van der Waals surface area (Å²) in [5.41, 5.74) is -0.293. The van der Waals surface area contributed by atoms with E-state index in [4.69, 9.17) is 11.6 Å². The average Bonchev–Trinajstić information content (AvgIpc) is 2.91. The summed E-state index contributed by atoms with van der Waals surface area (Å²) in [5.74, 6) is -2.01. The van der Waals surface area contributed by atoms with Gasteiger partial charge in [-0.15, -0.1) is 0 Å². The van der Waals surface area contributed by atoms with Crippen LogP contribution in [-0.4, -0.2) is 16.9 Å². The van der Waals surface area contributed by atoms with Gasteiger partial charge in [-0.05, 0) is 41.8 Å². The average molecular weight is 392 g/mol. The van der Waals surface area contributed by atoms with E-state index in [1.165, 1.54) is 0 Å². The molecule has 0 unspecified atom stereocenters. The third-order valence-corrected chi connectivity index (χ3v) is 5.39. The van der Waals surface area contributed by atoms with Crippen LogP contribution in [0.15, 0.2) is 84.9 Å². The van der Waals surface area contributed by atoms with Crippen molar-refractivity contribution in [2.45, 2.75) is 12.0 Å². The van der Waals surface area contributed by atoms with Crippen LogP contribution in [0.5, 0.6) is 0 Å². The highest BCUT2D eigenvalue weighted by Crippen LogP contribution is 2.43. The van der Waals surface area contributed by atoms with Gasteiger partial charge in [0.15, 0.2) is 5.60 Å². The molecule has 140 valence electrons. The van der Waals surface area contributed by atoms with Crippen LogP contribution in [-0.2, 0) is 21.6 Å². The maximum atomic E-state index is 13.3. The van der Waals surface area contributed by atoms with Crippen molar-refractivity contribution >= 4 is 29.1 Å². The molecule has 1 heterocycles. The molecule has 4 nitrogen and oxygen atoms in total. The normalized spacial score (nSPS) is 21.9. The lowest BCUT2D eigenvalue weighted by molar-refractivity contribution is -0.139. The first-order chi connectivity index (χ1) is 13.5. The van der Waals surface area contributed by atoms with Crippen molar-refractivity contribution in [3.8, 4) is 0 Å². The summed E-state index contributed by atoms with van der Waals surface area (Å²) in [6, 6.07) is 24.5. The third kappa shape index (κ3) is 3.01. The molecule has 0 aliphatic carbocycles. The number of benzene rings is 3. The second-order valence-electron chi connectivity index (χ2n) is 6.83. The van der Waals surface area contributed by atoms with Crippen molar-refractivity contribution < 1.29 is 14.7 Å². The van der Waals surface area contributed by atoms with E-state index in [0.29, 0.717) is 16.3 Å². The molecular formula is C23H18ClNO3. The van der Waals surface area contributed by atoms with Crippen LogP contribution in [0.1, 0.15) is 11.1 Å². The van der Waals surface area contributed by atoms with Gasteiger partial charge in [0.2, 0.25) is 5.91 Å². The van der Waals surface area contributed by atoms with Gasteiger partial charge in [-0.25, -0.2) is 4.90 Å². The third-order valence-electron chi connectivity index (χ3n) is 5.13. The minimum absolute atomic E-state index is 0.244. The number of carbonyl (C=O) groups excluding carboxylic acids is 2. The van der Waals surface area contributed by atoms with Gasteiger partial charge in [0.1, 0.15) is 0 Å². The predicted octanol–water partition coefficient (Wildman–Crippen LogP) is 3.96. The highest BCUT2D eigenvalue weighted by Gasteiger charge is 2.59. The number of carbonyl (C=O) groups is 2. The standard InChI is InChI=1S/C23H18ClNO3/c24-18-13-11-17(12-14-18)23(28)20(15-16-7-3-1-4-8-16)21(26)25(22(23)27)19-9-5-2-6-10-19/h1-14,20,28H,15H2/t20-,23-/m0/s1. The molecule has 1 fully saturated rings. The number of halogens is 1. The lowest BCUT2D eigenvalue weighted by Gasteiger charge is -2.26. The summed E-state index contributed by atoms with van der Waals surface area (Å²) in [4.78, 5) is 27.7. The Morgan fingerprint density at radius 3 is 2.04 bits per heavy atom.